The number of aliphatic hydroxyl groups is 1. The Hall–Kier alpha value is -0.170. The van der Waals surface area contributed by atoms with Gasteiger partial charge in [0.2, 0.25) is 0 Å². The van der Waals surface area contributed by atoms with Crippen molar-refractivity contribution in [1.29, 1.82) is 0 Å². The van der Waals surface area contributed by atoms with Crippen molar-refractivity contribution in [3.8, 4) is 0 Å². The summed E-state index contributed by atoms with van der Waals surface area (Å²) < 4.78 is 0. The topological polar surface area (TPSA) is 20.2 Å². The van der Waals surface area contributed by atoms with Crippen molar-refractivity contribution < 1.29 is 5.11 Å². The van der Waals surface area contributed by atoms with Crippen LogP contribution in [0.1, 0.15) is 26.7 Å². The van der Waals surface area contributed by atoms with Crippen molar-refractivity contribution in [2.45, 2.75) is 26.7 Å². The van der Waals surface area contributed by atoms with Gasteiger partial charge in [0.15, 0.2) is 0 Å². The number of hydrogen-bond acceptors (Lipinski definition) is 1. The molecule has 1 N–H and O–H groups in total. The maximum atomic E-state index is 8.30. The van der Waals surface area contributed by atoms with Crippen LogP contribution in [0.25, 0.3) is 0 Å². The highest BCUT2D eigenvalue weighted by Gasteiger charge is 2.00. The van der Waals surface area contributed by atoms with Crippen molar-refractivity contribution in [2.24, 2.45) is 0 Å². The molecule has 0 fully saturated rings. The van der Waals surface area contributed by atoms with Gasteiger partial charge in [0.05, 0.1) is 26.2 Å². The standard InChI is InChI=1S/C6H13O/c1-6(2)4-3-5-7/h7H,3-5H2,1-2H3/q+1. The fourth-order valence-electron chi connectivity index (χ4n) is 0.433. The first-order chi connectivity index (χ1) is 3.27. The molecule has 0 amide bonds. The van der Waals surface area contributed by atoms with Crippen LogP contribution in [-0.2, 0) is 0 Å². The zero-order valence-electron chi connectivity index (χ0n) is 5.07. The van der Waals surface area contributed by atoms with Crippen LogP contribution >= 0.6 is 0 Å². The van der Waals surface area contributed by atoms with E-state index in [-0.39, 0.29) is 0 Å². The molecular formula is C6H13O+. The lowest BCUT2D eigenvalue weighted by atomic mass is 10.1. The molecule has 0 saturated heterocycles. The Morgan fingerprint density at radius 3 is 2.14 bits per heavy atom. The second-order valence-electron chi connectivity index (χ2n) is 2.03. The Balaban J connectivity index is 2.68. The van der Waals surface area contributed by atoms with Crippen LogP contribution in [0.4, 0.5) is 0 Å². The first kappa shape index (κ1) is 6.83. The molecule has 1 nitrogen and oxygen atoms in total. The Morgan fingerprint density at radius 2 is 2.00 bits per heavy atom. The minimum atomic E-state index is 0.325. The highest BCUT2D eigenvalue weighted by Crippen LogP contribution is 2.03. The summed E-state index contributed by atoms with van der Waals surface area (Å²) in [5.41, 5.74) is 0. The maximum Gasteiger partial charge on any atom is 0.0916 e. The second kappa shape index (κ2) is 4.00. The summed E-state index contributed by atoms with van der Waals surface area (Å²) in [7, 11) is 0. The molecule has 0 aliphatic rings. The summed E-state index contributed by atoms with van der Waals surface area (Å²) in [4.78, 5) is 0. The Bertz CT molecular complexity index is 33.2. The highest BCUT2D eigenvalue weighted by atomic mass is 16.2. The third-order valence-corrected chi connectivity index (χ3v) is 0.835. The van der Waals surface area contributed by atoms with Gasteiger partial charge in [0, 0.05) is 13.0 Å². The zero-order valence-corrected chi connectivity index (χ0v) is 5.07. The van der Waals surface area contributed by atoms with Crippen LogP contribution in [0, 0.1) is 5.92 Å². The molecular weight excluding hydrogens is 88.1 g/mol. The van der Waals surface area contributed by atoms with Gasteiger partial charge in [-0.15, -0.1) is 0 Å². The lowest BCUT2D eigenvalue weighted by molar-refractivity contribution is 0.286. The quantitative estimate of drug-likeness (QED) is 0.532. The van der Waals surface area contributed by atoms with Crippen molar-refractivity contribution in [3.63, 3.8) is 0 Å². The number of aliphatic hydroxyl groups excluding tert-OH is 1. The summed E-state index contributed by atoms with van der Waals surface area (Å²) >= 11 is 0. The third-order valence-electron chi connectivity index (χ3n) is 0.835. The van der Waals surface area contributed by atoms with Crippen LogP contribution in [0.3, 0.4) is 0 Å². The van der Waals surface area contributed by atoms with Gasteiger partial charge in [-0.25, -0.2) is 0 Å². The molecule has 7 heavy (non-hydrogen) atoms. The molecule has 0 saturated carbocycles. The maximum absolute atomic E-state index is 8.30. The first-order valence-corrected chi connectivity index (χ1v) is 2.67. The average Bonchev–Trinajstić information content (AvgIpc) is 1.61. The number of rotatable bonds is 3. The van der Waals surface area contributed by atoms with Crippen molar-refractivity contribution in [2.75, 3.05) is 6.61 Å². The second-order valence-corrected chi connectivity index (χ2v) is 2.03. The average molecular weight is 101 g/mol. The van der Waals surface area contributed by atoms with Crippen molar-refractivity contribution in [3.05, 3.63) is 5.92 Å². The molecule has 0 heterocycles. The fraction of sp³-hybridized carbons (Fsp3) is 0.833. The molecule has 0 aromatic heterocycles. The van der Waals surface area contributed by atoms with Gasteiger partial charge in [-0.2, -0.15) is 0 Å². The summed E-state index contributed by atoms with van der Waals surface area (Å²) in [6, 6.07) is 0. The molecule has 0 unspecified atom stereocenters. The van der Waals surface area contributed by atoms with Gasteiger partial charge in [-0.3, -0.25) is 0 Å². The van der Waals surface area contributed by atoms with E-state index in [9.17, 15) is 0 Å². The lowest BCUT2D eigenvalue weighted by Gasteiger charge is -1.88. The largest absolute Gasteiger partial charge is 0.396 e. The predicted octanol–water partition coefficient (Wildman–Crippen LogP) is 1.37. The van der Waals surface area contributed by atoms with Gasteiger partial charge in [0.25, 0.3) is 0 Å². The summed E-state index contributed by atoms with van der Waals surface area (Å²) in [6.07, 6.45) is 1.98. The molecule has 0 spiro atoms. The van der Waals surface area contributed by atoms with E-state index in [2.05, 4.69) is 13.8 Å². The molecule has 42 valence electrons. The summed E-state index contributed by atoms with van der Waals surface area (Å²) in [5.74, 6) is 1.40. The minimum absolute atomic E-state index is 0.325. The molecule has 0 aromatic carbocycles. The van der Waals surface area contributed by atoms with E-state index in [0.29, 0.717) is 6.61 Å². The smallest absolute Gasteiger partial charge is 0.0916 e. The van der Waals surface area contributed by atoms with E-state index in [0.717, 1.165) is 12.8 Å². The fourth-order valence-corrected chi connectivity index (χ4v) is 0.433. The summed E-state index contributed by atoms with van der Waals surface area (Å²) in [5, 5.41) is 8.30. The van der Waals surface area contributed by atoms with E-state index in [1.165, 1.54) is 5.92 Å². The lowest BCUT2D eigenvalue weighted by Crippen LogP contribution is -1.87. The molecule has 0 rings (SSSR count). The molecule has 1 heteroatoms. The van der Waals surface area contributed by atoms with E-state index >= 15 is 0 Å². The summed E-state index contributed by atoms with van der Waals surface area (Å²) in [6.45, 7) is 4.48. The van der Waals surface area contributed by atoms with E-state index in [1.54, 1.807) is 0 Å². The Labute approximate surface area is 45.4 Å². The molecule has 0 aliphatic heterocycles. The van der Waals surface area contributed by atoms with Crippen LogP contribution in [0.2, 0.25) is 0 Å². The van der Waals surface area contributed by atoms with Crippen molar-refractivity contribution in [1.82, 2.24) is 0 Å². The number of hydrogen-bond donors (Lipinski definition) is 1. The monoisotopic (exact) mass is 101 g/mol. The van der Waals surface area contributed by atoms with Crippen LogP contribution < -0.4 is 0 Å². The third kappa shape index (κ3) is 5.83. The van der Waals surface area contributed by atoms with Crippen LogP contribution in [0.15, 0.2) is 0 Å². The predicted molar refractivity (Wildman–Crippen MR) is 30.9 cm³/mol. The SMILES string of the molecule is C[C+](C)CCCO. The first-order valence-electron chi connectivity index (χ1n) is 2.67. The van der Waals surface area contributed by atoms with Crippen LogP contribution in [-0.4, -0.2) is 11.7 Å². The van der Waals surface area contributed by atoms with Gasteiger partial charge in [-0.1, -0.05) is 0 Å². The van der Waals surface area contributed by atoms with E-state index in [4.69, 9.17) is 5.11 Å². The van der Waals surface area contributed by atoms with Gasteiger partial charge >= 0.3 is 0 Å². The van der Waals surface area contributed by atoms with Gasteiger partial charge in [-0.05, 0) is 0 Å². The van der Waals surface area contributed by atoms with Crippen molar-refractivity contribution >= 4 is 0 Å². The molecule has 0 aromatic rings. The molecule has 0 aliphatic carbocycles. The highest BCUT2D eigenvalue weighted by molar-refractivity contribution is 4.75. The molecule has 0 bridgehead atoms. The van der Waals surface area contributed by atoms with E-state index < -0.39 is 0 Å². The molecule has 0 atom stereocenters. The van der Waals surface area contributed by atoms with Crippen LogP contribution in [0.5, 0.6) is 0 Å². The van der Waals surface area contributed by atoms with E-state index in [1.807, 2.05) is 0 Å². The Kier molecular flexibility index (Phi) is 3.90. The Morgan fingerprint density at radius 1 is 1.43 bits per heavy atom. The zero-order chi connectivity index (χ0) is 5.70. The normalized spacial score (nSPS) is 9.00. The molecule has 0 radical (unpaired) electrons. The van der Waals surface area contributed by atoms with Gasteiger partial charge < -0.3 is 5.11 Å². The van der Waals surface area contributed by atoms with Gasteiger partial charge in [0.1, 0.15) is 0 Å². The minimum Gasteiger partial charge on any atom is -0.396 e.